The third kappa shape index (κ3) is 4.05. The largest absolute Gasteiger partial charge is 0.357 e. The maximum atomic E-state index is 12.5. The first-order chi connectivity index (χ1) is 16.3. The van der Waals surface area contributed by atoms with Gasteiger partial charge in [0.25, 0.3) is 5.91 Å². The van der Waals surface area contributed by atoms with Gasteiger partial charge in [0.15, 0.2) is 35.1 Å². The SMILES string of the molecule is CNC(=O)[C@H]1O[C@@H](n2cnc3c(NC(=O)Nc4cccc(Cl)c4)ncnc32)[C@@H]2OC(C)(C)O[C@@H]21. The minimum absolute atomic E-state index is 0.199. The van der Waals surface area contributed by atoms with Crippen LogP contribution in [0.1, 0.15) is 20.1 Å². The highest BCUT2D eigenvalue weighted by molar-refractivity contribution is 6.30. The number of ether oxygens (including phenoxy) is 3. The molecule has 0 radical (unpaired) electrons. The predicted octanol–water partition coefficient (Wildman–Crippen LogP) is 2.29. The molecule has 2 fully saturated rings. The second-order valence-corrected chi connectivity index (χ2v) is 8.70. The lowest BCUT2D eigenvalue weighted by Crippen LogP contribution is -2.41. The van der Waals surface area contributed by atoms with Crippen molar-refractivity contribution in [3.05, 3.63) is 41.9 Å². The number of fused-ring (bicyclic) bond motifs is 2. The minimum atomic E-state index is -0.889. The Morgan fingerprint density at radius 2 is 1.91 bits per heavy atom. The van der Waals surface area contributed by atoms with Crippen LogP contribution in [0.3, 0.4) is 0 Å². The number of likely N-dealkylation sites (N-methyl/N-ethyl adjacent to an activating group) is 1. The lowest BCUT2D eigenvalue weighted by molar-refractivity contribution is -0.197. The van der Waals surface area contributed by atoms with Crippen LogP contribution in [0.2, 0.25) is 5.02 Å². The van der Waals surface area contributed by atoms with Gasteiger partial charge in [-0.1, -0.05) is 17.7 Å². The number of rotatable bonds is 4. The van der Waals surface area contributed by atoms with Crippen molar-refractivity contribution in [1.82, 2.24) is 24.8 Å². The highest BCUT2D eigenvalue weighted by Crippen LogP contribution is 2.43. The van der Waals surface area contributed by atoms with Gasteiger partial charge in [-0.2, -0.15) is 0 Å². The van der Waals surface area contributed by atoms with Gasteiger partial charge >= 0.3 is 6.03 Å². The minimum Gasteiger partial charge on any atom is -0.357 e. The topological polar surface area (TPSA) is 142 Å². The summed E-state index contributed by atoms with van der Waals surface area (Å²) in [6.07, 6.45) is 0.00707. The van der Waals surface area contributed by atoms with E-state index in [1.54, 1.807) is 42.7 Å². The van der Waals surface area contributed by atoms with Crippen LogP contribution in [-0.4, -0.2) is 62.6 Å². The van der Waals surface area contributed by atoms with E-state index in [-0.39, 0.29) is 11.7 Å². The number of urea groups is 1. The average molecular weight is 488 g/mol. The van der Waals surface area contributed by atoms with E-state index < -0.39 is 36.4 Å². The zero-order valence-corrected chi connectivity index (χ0v) is 19.2. The molecule has 2 aliphatic heterocycles. The average Bonchev–Trinajstić information content (AvgIpc) is 3.44. The summed E-state index contributed by atoms with van der Waals surface area (Å²) in [5, 5.41) is 8.44. The van der Waals surface area contributed by atoms with Crippen LogP contribution >= 0.6 is 11.6 Å². The Balaban J connectivity index is 1.42. The van der Waals surface area contributed by atoms with Gasteiger partial charge in [-0.05, 0) is 32.0 Å². The van der Waals surface area contributed by atoms with E-state index in [9.17, 15) is 9.59 Å². The van der Waals surface area contributed by atoms with Crippen LogP contribution in [0.15, 0.2) is 36.9 Å². The molecule has 0 spiro atoms. The number of anilines is 2. The van der Waals surface area contributed by atoms with Crippen molar-refractivity contribution in [3.63, 3.8) is 0 Å². The quantitative estimate of drug-likeness (QED) is 0.509. The monoisotopic (exact) mass is 487 g/mol. The van der Waals surface area contributed by atoms with E-state index in [1.807, 2.05) is 0 Å². The molecule has 0 saturated carbocycles. The van der Waals surface area contributed by atoms with Crippen molar-refractivity contribution < 1.29 is 23.8 Å². The molecule has 1 aromatic carbocycles. The molecule has 0 aliphatic carbocycles. The standard InChI is InChI=1S/C21H22ClN7O5/c1-21(2)33-13-14(18(30)23-3)32-19(15(13)34-21)29-9-26-12-16(24-8-25-17(12)29)28-20(31)27-11-6-4-5-10(22)7-11/h4-9,13-15,19H,1-3H3,(H,23,30)(H2,24,25,27,28,31)/t13-,14+,15-,19-/m1/s1. The summed E-state index contributed by atoms with van der Waals surface area (Å²) in [7, 11) is 1.53. The van der Waals surface area contributed by atoms with Gasteiger partial charge in [-0.25, -0.2) is 19.7 Å². The van der Waals surface area contributed by atoms with Crippen molar-refractivity contribution in [1.29, 1.82) is 0 Å². The number of nitrogens with zero attached hydrogens (tertiary/aromatic N) is 4. The number of nitrogens with one attached hydrogen (secondary N) is 3. The molecule has 4 atom stereocenters. The van der Waals surface area contributed by atoms with Gasteiger partial charge in [0.1, 0.15) is 18.5 Å². The molecular weight excluding hydrogens is 466 g/mol. The molecule has 5 rings (SSSR count). The molecular formula is C21H22ClN7O5. The maximum absolute atomic E-state index is 12.5. The Bertz CT molecular complexity index is 1270. The zero-order valence-electron chi connectivity index (χ0n) is 18.5. The van der Waals surface area contributed by atoms with E-state index in [0.29, 0.717) is 21.9 Å². The van der Waals surface area contributed by atoms with Crippen molar-refractivity contribution in [2.75, 3.05) is 17.7 Å². The summed E-state index contributed by atoms with van der Waals surface area (Å²) in [6, 6.07) is 6.23. The first-order valence-corrected chi connectivity index (χ1v) is 10.9. The predicted molar refractivity (Wildman–Crippen MR) is 121 cm³/mol. The van der Waals surface area contributed by atoms with Crippen molar-refractivity contribution >= 4 is 46.2 Å². The fourth-order valence-electron chi connectivity index (χ4n) is 4.12. The molecule has 3 aromatic rings. The third-order valence-electron chi connectivity index (χ3n) is 5.48. The van der Waals surface area contributed by atoms with Gasteiger partial charge in [-0.15, -0.1) is 0 Å². The number of amides is 3. The summed E-state index contributed by atoms with van der Waals surface area (Å²) < 4.78 is 19.7. The number of halogens is 1. The highest BCUT2D eigenvalue weighted by atomic mass is 35.5. The Kier molecular flexibility index (Phi) is 5.60. The Morgan fingerprint density at radius 3 is 2.68 bits per heavy atom. The summed E-state index contributed by atoms with van der Waals surface area (Å²) in [4.78, 5) is 37.7. The van der Waals surface area contributed by atoms with Gasteiger partial charge in [0.2, 0.25) is 0 Å². The van der Waals surface area contributed by atoms with Crippen LogP contribution in [0.25, 0.3) is 11.2 Å². The number of carbonyl (C=O) groups is 2. The van der Waals surface area contributed by atoms with E-state index in [4.69, 9.17) is 25.8 Å². The molecule has 3 amide bonds. The van der Waals surface area contributed by atoms with Gasteiger partial charge in [-0.3, -0.25) is 14.7 Å². The summed E-state index contributed by atoms with van der Waals surface area (Å²) in [5.41, 5.74) is 1.25. The maximum Gasteiger partial charge on any atom is 0.324 e. The Hall–Kier alpha value is -3.32. The fourth-order valence-corrected chi connectivity index (χ4v) is 4.31. The zero-order chi connectivity index (χ0) is 24.0. The van der Waals surface area contributed by atoms with Gasteiger partial charge in [0.05, 0.1) is 6.33 Å². The Morgan fingerprint density at radius 1 is 1.12 bits per heavy atom. The van der Waals surface area contributed by atoms with E-state index >= 15 is 0 Å². The molecule has 12 nitrogen and oxygen atoms in total. The number of carbonyl (C=O) groups excluding carboxylic acids is 2. The second kappa shape index (κ2) is 8.47. The van der Waals surface area contributed by atoms with Crippen molar-refractivity contribution in [3.8, 4) is 0 Å². The molecule has 4 heterocycles. The number of hydrogen-bond donors (Lipinski definition) is 3. The first-order valence-electron chi connectivity index (χ1n) is 10.5. The molecule has 2 aromatic heterocycles. The third-order valence-corrected chi connectivity index (χ3v) is 5.72. The van der Waals surface area contributed by atoms with Crippen LogP contribution in [0, 0.1) is 0 Å². The van der Waals surface area contributed by atoms with Crippen LogP contribution in [-0.2, 0) is 19.0 Å². The molecule has 13 heteroatoms. The van der Waals surface area contributed by atoms with Crippen molar-refractivity contribution in [2.24, 2.45) is 0 Å². The Labute approximate surface area is 199 Å². The number of aromatic nitrogens is 4. The second-order valence-electron chi connectivity index (χ2n) is 8.26. The van der Waals surface area contributed by atoms with E-state index in [2.05, 4.69) is 30.9 Å². The van der Waals surface area contributed by atoms with E-state index in [0.717, 1.165) is 0 Å². The van der Waals surface area contributed by atoms with Crippen LogP contribution in [0.4, 0.5) is 16.3 Å². The summed E-state index contributed by atoms with van der Waals surface area (Å²) in [6.45, 7) is 3.55. The molecule has 0 unspecified atom stereocenters. The lowest BCUT2D eigenvalue weighted by atomic mass is 10.1. The molecule has 2 saturated heterocycles. The van der Waals surface area contributed by atoms with Crippen LogP contribution < -0.4 is 16.0 Å². The van der Waals surface area contributed by atoms with Gasteiger partial charge in [0, 0.05) is 17.8 Å². The smallest absolute Gasteiger partial charge is 0.324 e. The van der Waals surface area contributed by atoms with E-state index in [1.165, 1.54) is 19.7 Å². The molecule has 3 N–H and O–H groups in total. The number of imidazole rings is 1. The molecule has 2 aliphatic rings. The first kappa shape index (κ1) is 22.5. The lowest BCUT2D eigenvalue weighted by Gasteiger charge is -2.24. The summed E-state index contributed by atoms with van der Waals surface area (Å²) >= 11 is 5.97. The van der Waals surface area contributed by atoms with Crippen LogP contribution in [0.5, 0.6) is 0 Å². The highest BCUT2D eigenvalue weighted by Gasteiger charge is 2.58. The number of benzene rings is 1. The fraction of sp³-hybridized carbons (Fsp3) is 0.381. The van der Waals surface area contributed by atoms with Gasteiger partial charge < -0.3 is 24.8 Å². The normalized spacial score (nSPS) is 25.2. The molecule has 178 valence electrons. The molecule has 0 bridgehead atoms. The summed E-state index contributed by atoms with van der Waals surface area (Å²) in [5.74, 6) is -1.01. The number of hydrogen-bond acceptors (Lipinski definition) is 8. The molecule has 34 heavy (non-hydrogen) atoms. The van der Waals surface area contributed by atoms with Crippen molar-refractivity contribution in [2.45, 2.75) is 44.2 Å².